The van der Waals surface area contributed by atoms with Gasteiger partial charge in [0.2, 0.25) is 11.8 Å². The molecule has 2 aromatic rings. The van der Waals surface area contributed by atoms with E-state index in [1.165, 1.54) is 17.7 Å². The van der Waals surface area contributed by atoms with Crippen LogP contribution in [0.3, 0.4) is 0 Å². The summed E-state index contributed by atoms with van der Waals surface area (Å²) in [6.07, 6.45) is 1.43. The molecule has 2 amide bonds. The second kappa shape index (κ2) is 8.80. The molecule has 0 saturated carbocycles. The molecule has 142 valence electrons. The van der Waals surface area contributed by atoms with Crippen LogP contribution in [0.4, 0.5) is 4.39 Å². The molecule has 3 rings (SSSR count). The van der Waals surface area contributed by atoms with Crippen LogP contribution in [0.5, 0.6) is 0 Å². The van der Waals surface area contributed by atoms with E-state index in [4.69, 9.17) is 0 Å². The average Bonchev–Trinajstić information content (AvgIpc) is 2.92. The Bertz CT molecular complexity index is 719. The maximum atomic E-state index is 13.0. The molecule has 0 aliphatic carbocycles. The van der Waals surface area contributed by atoms with E-state index < -0.39 is 0 Å². The fourth-order valence-electron chi connectivity index (χ4n) is 3.30. The smallest absolute Gasteiger partial charge is 0.227 e. The number of amides is 2. The van der Waals surface area contributed by atoms with Crippen molar-refractivity contribution < 1.29 is 14.0 Å². The maximum absolute atomic E-state index is 13.0. The van der Waals surface area contributed by atoms with Gasteiger partial charge in [-0.05, 0) is 36.6 Å². The number of halogens is 1. The minimum absolute atomic E-state index is 0.0226. The zero-order valence-electron chi connectivity index (χ0n) is 15.7. The minimum atomic E-state index is -0.302. The molecule has 1 fully saturated rings. The highest BCUT2D eigenvalue weighted by Crippen LogP contribution is 2.11. The van der Waals surface area contributed by atoms with Gasteiger partial charge in [-0.1, -0.05) is 42.0 Å². The number of hydrogen-bond donors (Lipinski definition) is 0. The Morgan fingerprint density at radius 3 is 1.70 bits per heavy atom. The van der Waals surface area contributed by atoms with E-state index in [2.05, 4.69) is 0 Å². The topological polar surface area (TPSA) is 40.6 Å². The molecule has 1 aliphatic rings. The Balaban J connectivity index is 1.53. The van der Waals surface area contributed by atoms with Gasteiger partial charge in [0.1, 0.15) is 5.82 Å². The third kappa shape index (κ3) is 5.39. The zero-order valence-corrected chi connectivity index (χ0v) is 15.7. The van der Waals surface area contributed by atoms with Gasteiger partial charge in [0.05, 0.1) is 12.8 Å². The third-order valence-electron chi connectivity index (χ3n) is 4.95. The number of aryl methyl sites for hydroxylation is 1. The molecule has 5 heteroatoms. The van der Waals surface area contributed by atoms with Gasteiger partial charge in [0, 0.05) is 26.2 Å². The Kier molecular flexibility index (Phi) is 6.22. The lowest BCUT2D eigenvalue weighted by Crippen LogP contribution is -2.38. The molecule has 0 aromatic heterocycles. The molecule has 4 nitrogen and oxygen atoms in total. The van der Waals surface area contributed by atoms with E-state index in [0.717, 1.165) is 17.5 Å². The first-order valence-corrected chi connectivity index (χ1v) is 9.37. The summed E-state index contributed by atoms with van der Waals surface area (Å²) in [6, 6.07) is 14.0. The summed E-state index contributed by atoms with van der Waals surface area (Å²) in [6.45, 7) is 4.44. The summed E-state index contributed by atoms with van der Waals surface area (Å²) in [5.74, 6) is -0.176. The highest BCUT2D eigenvalue weighted by atomic mass is 19.1. The highest BCUT2D eigenvalue weighted by Gasteiger charge is 2.22. The molecular weight excluding hydrogens is 343 g/mol. The summed E-state index contributed by atoms with van der Waals surface area (Å²) in [7, 11) is 0. The Labute approximate surface area is 159 Å². The number of carbonyl (C=O) groups excluding carboxylic acids is 2. The molecule has 27 heavy (non-hydrogen) atoms. The van der Waals surface area contributed by atoms with Crippen molar-refractivity contribution in [3.8, 4) is 0 Å². The number of carbonyl (C=O) groups is 2. The highest BCUT2D eigenvalue weighted by molar-refractivity contribution is 5.80. The van der Waals surface area contributed by atoms with E-state index in [-0.39, 0.29) is 24.1 Å². The quantitative estimate of drug-likeness (QED) is 0.832. The monoisotopic (exact) mass is 368 g/mol. The molecule has 1 heterocycles. The predicted molar refractivity (Wildman–Crippen MR) is 103 cm³/mol. The van der Waals surface area contributed by atoms with Crippen LogP contribution in [0, 0.1) is 12.7 Å². The first-order valence-electron chi connectivity index (χ1n) is 9.37. The molecule has 1 saturated heterocycles. The normalized spacial score (nSPS) is 14.7. The Morgan fingerprint density at radius 2 is 1.22 bits per heavy atom. The van der Waals surface area contributed by atoms with Crippen LogP contribution in [0.25, 0.3) is 0 Å². The molecule has 0 radical (unpaired) electrons. The van der Waals surface area contributed by atoms with Crippen LogP contribution in [0.1, 0.15) is 23.1 Å². The predicted octanol–water partition coefficient (Wildman–Crippen LogP) is 2.98. The number of nitrogens with zero attached hydrogens (tertiary/aromatic N) is 2. The van der Waals surface area contributed by atoms with Crippen molar-refractivity contribution in [3.63, 3.8) is 0 Å². The molecule has 0 atom stereocenters. The summed E-state index contributed by atoms with van der Waals surface area (Å²) < 4.78 is 13.0. The van der Waals surface area contributed by atoms with E-state index in [1.807, 2.05) is 41.0 Å². The molecular formula is C22H25FN2O2. The molecule has 2 aromatic carbocycles. The lowest BCUT2D eigenvalue weighted by molar-refractivity contribution is -0.132. The third-order valence-corrected chi connectivity index (χ3v) is 4.95. The van der Waals surface area contributed by atoms with Gasteiger partial charge in [-0.3, -0.25) is 9.59 Å². The van der Waals surface area contributed by atoms with Crippen molar-refractivity contribution >= 4 is 11.8 Å². The SMILES string of the molecule is Cc1ccc(CC(=O)N2CCCN(C(=O)Cc3ccc(F)cc3)CC2)cc1. The van der Waals surface area contributed by atoms with E-state index >= 15 is 0 Å². The van der Waals surface area contributed by atoms with Crippen molar-refractivity contribution in [3.05, 3.63) is 71.0 Å². The van der Waals surface area contributed by atoms with Crippen molar-refractivity contribution in [1.82, 2.24) is 9.80 Å². The first kappa shape index (κ1) is 19.1. The minimum Gasteiger partial charge on any atom is -0.341 e. The maximum Gasteiger partial charge on any atom is 0.227 e. The van der Waals surface area contributed by atoms with Gasteiger partial charge in [0.15, 0.2) is 0 Å². The van der Waals surface area contributed by atoms with Crippen LogP contribution in [0.2, 0.25) is 0 Å². The summed E-state index contributed by atoms with van der Waals surface area (Å²) in [5.41, 5.74) is 2.99. The molecule has 0 spiro atoms. The van der Waals surface area contributed by atoms with Gasteiger partial charge < -0.3 is 9.80 Å². The van der Waals surface area contributed by atoms with Crippen LogP contribution in [0.15, 0.2) is 48.5 Å². The second-order valence-electron chi connectivity index (χ2n) is 7.08. The second-order valence-corrected chi connectivity index (χ2v) is 7.08. The van der Waals surface area contributed by atoms with Gasteiger partial charge in [-0.25, -0.2) is 4.39 Å². The number of rotatable bonds is 4. The first-order chi connectivity index (χ1) is 13.0. The van der Waals surface area contributed by atoms with Crippen LogP contribution in [-0.2, 0) is 22.4 Å². The molecule has 1 aliphatic heterocycles. The zero-order chi connectivity index (χ0) is 19.2. The summed E-state index contributed by atoms with van der Waals surface area (Å²) in [5, 5.41) is 0. The lowest BCUT2D eigenvalue weighted by Gasteiger charge is -2.22. The summed E-state index contributed by atoms with van der Waals surface area (Å²) in [4.78, 5) is 28.8. The van der Waals surface area contributed by atoms with Gasteiger partial charge in [-0.2, -0.15) is 0 Å². The standard InChI is InChI=1S/C22H25FN2O2/c1-17-3-5-18(6-4-17)15-21(26)24-11-2-12-25(14-13-24)22(27)16-19-7-9-20(23)10-8-19/h3-10H,2,11-16H2,1H3. The van der Waals surface area contributed by atoms with Crippen molar-refractivity contribution in [2.75, 3.05) is 26.2 Å². The van der Waals surface area contributed by atoms with E-state index in [0.29, 0.717) is 32.6 Å². The lowest BCUT2D eigenvalue weighted by atomic mass is 10.1. The number of benzene rings is 2. The molecule has 0 unspecified atom stereocenters. The van der Waals surface area contributed by atoms with Gasteiger partial charge >= 0.3 is 0 Å². The molecule has 0 bridgehead atoms. The Hall–Kier alpha value is -2.69. The molecule has 0 N–H and O–H groups in total. The fraction of sp³-hybridized carbons (Fsp3) is 0.364. The summed E-state index contributed by atoms with van der Waals surface area (Å²) >= 11 is 0. The van der Waals surface area contributed by atoms with Crippen molar-refractivity contribution in [2.45, 2.75) is 26.2 Å². The van der Waals surface area contributed by atoms with E-state index in [9.17, 15) is 14.0 Å². The number of hydrogen-bond acceptors (Lipinski definition) is 2. The van der Waals surface area contributed by atoms with E-state index in [1.54, 1.807) is 12.1 Å². The van der Waals surface area contributed by atoms with Gasteiger partial charge in [0.25, 0.3) is 0 Å². The largest absolute Gasteiger partial charge is 0.341 e. The van der Waals surface area contributed by atoms with Gasteiger partial charge in [-0.15, -0.1) is 0 Å². The van der Waals surface area contributed by atoms with Crippen molar-refractivity contribution in [1.29, 1.82) is 0 Å². The van der Waals surface area contributed by atoms with Crippen LogP contribution < -0.4 is 0 Å². The van der Waals surface area contributed by atoms with Crippen LogP contribution >= 0.6 is 0 Å². The van der Waals surface area contributed by atoms with Crippen molar-refractivity contribution in [2.24, 2.45) is 0 Å². The fourth-order valence-corrected chi connectivity index (χ4v) is 3.30. The Morgan fingerprint density at radius 1 is 0.778 bits per heavy atom. The average molecular weight is 368 g/mol. The van der Waals surface area contributed by atoms with Crippen LogP contribution in [-0.4, -0.2) is 47.8 Å².